The van der Waals surface area contributed by atoms with Gasteiger partial charge in [0.25, 0.3) is 0 Å². The molecule has 0 saturated carbocycles. The first kappa shape index (κ1) is 53.4. The van der Waals surface area contributed by atoms with Crippen LogP contribution in [0.1, 0.15) is 272 Å². The van der Waals surface area contributed by atoms with Crippen molar-refractivity contribution in [3.63, 3.8) is 0 Å². The van der Waals surface area contributed by atoms with Crippen molar-refractivity contribution < 1.29 is 28.6 Å². The first-order chi connectivity index (χ1) is 26.9. The van der Waals surface area contributed by atoms with E-state index in [1.165, 1.54) is 167 Å². The fraction of sp³-hybridized carbons (Fsp3) is 0.939. The van der Waals surface area contributed by atoms with Crippen molar-refractivity contribution in [3.05, 3.63) is 0 Å². The Labute approximate surface area is 342 Å². The van der Waals surface area contributed by atoms with E-state index < -0.39 is 6.10 Å². The van der Waals surface area contributed by atoms with Crippen LogP contribution in [0.4, 0.5) is 0 Å². The summed E-state index contributed by atoms with van der Waals surface area (Å²) in [6, 6.07) is 0. The van der Waals surface area contributed by atoms with Crippen molar-refractivity contribution in [1.82, 2.24) is 0 Å². The fourth-order valence-electron chi connectivity index (χ4n) is 7.33. The van der Waals surface area contributed by atoms with E-state index in [1.54, 1.807) is 0 Å². The van der Waals surface area contributed by atoms with Gasteiger partial charge in [-0.3, -0.25) is 14.4 Å². The predicted molar refractivity (Wildman–Crippen MR) is 233 cm³/mol. The van der Waals surface area contributed by atoms with Gasteiger partial charge < -0.3 is 14.2 Å². The molecule has 0 spiro atoms. The molecule has 0 saturated heterocycles. The van der Waals surface area contributed by atoms with Crippen LogP contribution in [-0.4, -0.2) is 37.2 Å². The number of rotatable bonds is 44. The Balaban J connectivity index is 4.11. The molecule has 0 amide bonds. The van der Waals surface area contributed by atoms with Crippen LogP contribution in [0.5, 0.6) is 0 Å². The van der Waals surface area contributed by atoms with E-state index >= 15 is 0 Å². The summed E-state index contributed by atoms with van der Waals surface area (Å²) in [6.07, 6.45) is 44.0. The van der Waals surface area contributed by atoms with E-state index in [-0.39, 0.29) is 31.1 Å². The molecule has 0 aliphatic heterocycles. The molecule has 6 heteroatoms. The lowest BCUT2D eigenvalue weighted by Gasteiger charge is -2.18. The number of hydrogen-bond acceptors (Lipinski definition) is 6. The highest BCUT2D eigenvalue weighted by Gasteiger charge is 2.19. The Bertz CT molecular complexity index is 826. The Kier molecular flexibility index (Phi) is 42.3. The maximum Gasteiger partial charge on any atom is 0.306 e. The van der Waals surface area contributed by atoms with E-state index in [4.69, 9.17) is 14.2 Å². The number of carbonyl (C=O) groups is 3. The quantitative estimate of drug-likeness (QED) is 0.0348. The summed E-state index contributed by atoms with van der Waals surface area (Å²) in [5.74, 6) is -0.000784. The number of ether oxygens (including phenoxy) is 3. The molecular formula is C49H94O6. The highest BCUT2D eigenvalue weighted by molar-refractivity contribution is 5.71. The van der Waals surface area contributed by atoms with Crippen LogP contribution in [0.3, 0.4) is 0 Å². The van der Waals surface area contributed by atoms with Gasteiger partial charge in [-0.25, -0.2) is 0 Å². The maximum absolute atomic E-state index is 12.7. The summed E-state index contributed by atoms with van der Waals surface area (Å²) >= 11 is 0. The maximum atomic E-state index is 12.7. The molecule has 0 aliphatic rings. The number of hydrogen-bond donors (Lipinski definition) is 0. The van der Waals surface area contributed by atoms with Crippen molar-refractivity contribution in [3.8, 4) is 0 Å². The van der Waals surface area contributed by atoms with Crippen LogP contribution in [-0.2, 0) is 28.6 Å². The van der Waals surface area contributed by atoms with Gasteiger partial charge in [-0.2, -0.15) is 0 Å². The Hall–Kier alpha value is -1.59. The van der Waals surface area contributed by atoms with E-state index in [9.17, 15) is 14.4 Å². The van der Waals surface area contributed by atoms with Crippen LogP contribution in [0.2, 0.25) is 0 Å². The molecule has 0 fully saturated rings. The highest BCUT2D eigenvalue weighted by Crippen LogP contribution is 2.17. The first-order valence-corrected chi connectivity index (χ1v) is 24.4. The molecule has 0 aliphatic carbocycles. The van der Waals surface area contributed by atoms with Gasteiger partial charge in [0.2, 0.25) is 0 Å². The molecule has 0 rings (SSSR count). The third-order valence-electron chi connectivity index (χ3n) is 11.0. The lowest BCUT2D eigenvalue weighted by molar-refractivity contribution is -0.167. The summed E-state index contributed by atoms with van der Waals surface area (Å²) in [5, 5.41) is 0. The van der Waals surface area contributed by atoms with E-state index in [0.29, 0.717) is 19.3 Å². The van der Waals surface area contributed by atoms with Gasteiger partial charge in [0.15, 0.2) is 6.10 Å². The molecule has 0 aromatic rings. The minimum atomic E-state index is -0.758. The zero-order valence-electron chi connectivity index (χ0n) is 37.4. The van der Waals surface area contributed by atoms with Gasteiger partial charge in [-0.1, -0.05) is 233 Å². The lowest BCUT2D eigenvalue weighted by Crippen LogP contribution is -2.30. The number of unbranched alkanes of at least 4 members (excludes halogenated alkanes) is 31. The number of carbonyl (C=O) groups excluding carboxylic acids is 3. The molecule has 326 valence electrons. The minimum absolute atomic E-state index is 0.0640. The normalized spacial score (nSPS) is 11.9. The van der Waals surface area contributed by atoms with Gasteiger partial charge in [-0.15, -0.1) is 0 Å². The summed E-state index contributed by atoms with van der Waals surface area (Å²) in [5.41, 5.74) is 0. The smallest absolute Gasteiger partial charge is 0.306 e. The molecule has 55 heavy (non-hydrogen) atoms. The van der Waals surface area contributed by atoms with Gasteiger partial charge >= 0.3 is 17.9 Å². The molecule has 6 nitrogen and oxygen atoms in total. The van der Waals surface area contributed by atoms with Crippen LogP contribution < -0.4 is 0 Å². The SMILES string of the molecule is CCCCCCCCCCCC(=O)OC[C@H](COC(=O)CCCCCCCCC)OC(=O)CCCCCCCCCCCCCCCCCCCCC(C)C. The lowest BCUT2D eigenvalue weighted by atomic mass is 10.0. The zero-order chi connectivity index (χ0) is 40.3. The van der Waals surface area contributed by atoms with Crippen molar-refractivity contribution in [1.29, 1.82) is 0 Å². The molecule has 1 atom stereocenters. The third-order valence-corrected chi connectivity index (χ3v) is 11.0. The second-order valence-electron chi connectivity index (χ2n) is 17.2. The van der Waals surface area contributed by atoms with Gasteiger partial charge in [-0.05, 0) is 25.2 Å². The van der Waals surface area contributed by atoms with Crippen LogP contribution in [0, 0.1) is 5.92 Å². The second-order valence-corrected chi connectivity index (χ2v) is 17.2. The summed E-state index contributed by atoms with van der Waals surface area (Å²) in [7, 11) is 0. The zero-order valence-corrected chi connectivity index (χ0v) is 37.4. The topological polar surface area (TPSA) is 78.9 Å². The van der Waals surface area contributed by atoms with E-state index in [2.05, 4.69) is 27.7 Å². The summed E-state index contributed by atoms with van der Waals surface area (Å²) < 4.78 is 16.7. The second kappa shape index (κ2) is 43.5. The minimum Gasteiger partial charge on any atom is -0.462 e. The summed E-state index contributed by atoms with van der Waals surface area (Å²) in [4.78, 5) is 37.6. The molecule has 0 aromatic heterocycles. The van der Waals surface area contributed by atoms with Gasteiger partial charge in [0.1, 0.15) is 13.2 Å². The van der Waals surface area contributed by atoms with Crippen molar-refractivity contribution in [2.24, 2.45) is 5.92 Å². The largest absolute Gasteiger partial charge is 0.462 e. The predicted octanol–water partition coefficient (Wildman–Crippen LogP) is 15.5. The Morgan fingerprint density at radius 3 is 0.891 bits per heavy atom. The third kappa shape index (κ3) is 43.4. The van der Waals surface area contributed by atoms with Gasteiger partial charge in [0, 0.05) is 19.3 Å². The first-order valence-electron chi connectivity index (χ1n) is 24.4. The van der Waals surface area contributed by atoms with Crippen LogP contribution in [0.25, 0.3) is 0 Å². The van der Waals surface area contributed by atoms with Crippen LogP contribution >= 0.6 is 0 Å². The van der Waals surface area contributed by atoms with Crippen molar-refractivity contribution in [2.45, 2.75) is 278 Å². The van der Waals surface area contributed by atoms with E-state index in [1.807, 2.05) is 0 Å². The standard InChI is InChI=1S/C49H94O6/c1-5-7-9-11-13-24-29-33-37-41-48(51)54-44-46(43-53-47(50)40-36-32-27-12-10-8-6-2)55-49(52)42-38-34-30-26-23-21-19-17-15-14-16-18-20-22-25-28-31-35-39-45(3)4/h45-46H,5-44H2,1-4H3/t46-/m0/s1. The molecule has 0 bridgehead atoms. The monoisotopic (exact) mass is 779 g/mol. The Morgan fingerprint density at radius 2 is 0.600 bits per heavy atom. The Morgan fingerprint density at radius 1 is 0.345 bits per heavy atom. The highest BCUT2D eigenvalue weighted by atomic mass is 16.6. The van der Waals surface area contributed by atoms with Crippen molar-refractivity contribution >= 4 is 17.9 Å². The molecule has 0 aromatic carbocycles. The van der Waals surface area contributed by atoms with Crippen LogP contribution in [0.15, 0.2) is 0 Å². The molecule has 0 radical (unpaired) electrons. The van der Waals surface area contributed by atoms with E-state index in [0.717, 1.165) is 63.7 Å². The molecule has 0 heterocycles. The fourth-order valence-corrected chi connectivity index (χ4v) is 7.33. The molecule has 0 unspecified atom stereocenters. The summed E-state index contributed by atoms with van der Waals surface area (Å²) in [6.45, 7) is 8.97. The van der Waals surface area contributed by atoms with Gasteiger partial charge in [0.05, 0.1) is 0 Å². The molecular weight excluding hydrogens is 685 g/mol. The molecule has 0 N–H and O–H groups in total. The average Bonchev–Trinajstić information content (AvgIpc) is 3.17. The number of esters is 3. The van der Waals surface area contributed by atoms with Crippen molar-refractivity contribution in [2.75, 3.05) is 13.2 Å². The average molecular weight is 779 g/mol.